The molecule has 11 heteroatoms. The Morgan fingerprint density at radius 3 is 2.56 bits per heavy atom. The van der Waals surface area contributed by atoms with E-state index in [4.69, 9.17) is 47.0 Å². The maximum Gasteiger partial charge on any atom is 0.176 e. The number of hydrogen-bond acceptors (Lipinski definition) is 3. The minimum Gasteiger partial charge on any atom is -0.330 e. The third-order valence-corrected chi connectivity index (χ3v) is 5.53. The summed E-state index contributed by atoms with van der Waals surface area (Å²) < 4.78 is 17.3. The maximum atomic E-state index is 14.0. The van der Waals surface area contributed by atoms with Crippen LogP contribution in [0.25, 0.3) is 0 Å². The fourth-order valence-corrected chi connectivity index (χ4v) is 3.86. The van der Waals surface area contributed by atoms with Crippen LogP contribution in [0.4, 0.5) is 15.9 Å². The smallest absolute Gasteiger partial charge is 0.176 e. The van der Waals surface area contributed by atoms with E-state index >= 15 is 0 Å². The molecule has 164 valence electrons. The number of aromatic nitrogens is 4. The monoisotopic (exact) mass is 508 g/mol. The highest BCUT2D eigenvalue weighted by Crippen LogP contribution is 2.24. The lowest BCUT2D eigenvalue weighted by Gasteiger charge is -2.07. The Bertz CT molecular complexity index is 1250. The summed E-state index contributed by atoms with van der Waals surface area (Å²) in [7, 11) is 0. The summed E-state index contributed by atoms with van der Waals surface area (Å²) in [4.78, 5) is 0. The van der Waals surface area contributed by atoms with Crippen molar-refractivity contribution in [3.63, 3.8) is 0 Å². The van der Waals surface area contributed by atoms with Crippen LogP contribution in [0.3, 0.4) is 0 Å². The van der Waals surface area contributed by atoms with E-state index in [-0.39, 0.29) is 11.7 Å². The molecule has 0 fully saturated rings. The molecule has 0 bridgehead atoms. The Kier molecular flexibility index (Phi) is 6.95. The van der Waals surface area contributed by atoms with Crippen molar-refractivity contribution in [2.45, 2.75) is 13.1 Å². The predicted molar refractivity (Wildman–Crippen MR) is 130 cm³/mol. The normalized spacial score (nSPS) is 10.9. The van der Waals surface area contributed by atoms with Crippen LogP contribution in [0.1, 0.15) is 11.1 Å². The van der Waals surface area contributed by atoms with Gasteiger partial charge in [-0.3, -0.25) is 9.36 Å². The Balaban J connectivity index is 1.38. The average molecular weight is 510 g/mol. The van der Waals surface area contributed by atoms with Gasteiger partial charge in [-0.25, -0.2) is 4.39 Å². The number of hydrogen-bond donors (Lipinski definition) is 2. The topological polar surface area (TPSA) is 59.7 Å². The predicted octanol–water partition coefficient (Wildman–Crippen LogP) is 6.08. The summed E-state index contributed by atoms with van der Waals surface area (Å²) >= 11 is 23.7. The molecular formula is C21H16Cl3FN6S. The van der Waals surface area contributed by atoms with Gasteiger partial charge in [0.1, 0.15) is 10.8 Å². The first-order valence-corrected chi connectivity index (χ1v) is 10.9. The van der Waals surface area contributed by atoms with Gasteiger partial charge in [0.05, 0.1) is 25.0 Å². The Hall–Kier alpha value is -2.65. The second kappa shape index (κ2) is 9.87. The molecule has 6 nitrogen and oxygen atoms in total. The van der Waals surface area contributed by atoms with Gasteiger partial charge in [0, 0.05) is 28.0 Å². The summed E-state index contributed by atoms with van der Waals surface area (Å²) in [6.07, 6.45) is 5.03. The Labute approximate surface area is 203 Å². The first-order chi connectivity index (χ1) is 15.4. The minimum atomic E-state index is -0.411. The van der Waals surface area contributed by atoms with E-state index in [0.717, 1.165) is 5.56 Å². The van der Waals surface area contributed by atoms with E-state index in [2.05, 4.69) is 20.8 Å². The van der Waals surface area contributed by atoms with Crippen LogP contribution in [0, 0.1) is 5.82 Å². The number of halogens is 4. The molecule has 2 heterocycles. The van der Waals surface area contributed by atoms with Gasteiger partial charge in [0.15, 0.2) is 10.9 Å². The number of benzene rings is 2. The number of anilines is 2. The van der Waals surface area contributed by atoms with E-state index in [9.17, 15) is 4.39 Å². The second-order valence-corrected chi connectivity index (χ2v) is 8.52. The molecule has 0 aliphatic carbocycles. The van der Waals surface area contributed by atoms with Gasteiger partial charge in [0.2, 0.25) is 0 Å². The quantitative estimate of drug-likeness (QED) is 0.308. The first-order valence-electron chi connectivity index (χ1n) is 9.38. The van der Waals surface area contributed by atoms with Gasteiger partial charge in [-0.1, -0.05) is 53.0 Å². The molecule has 4 rings (SSSR count). The van der Waals surface area contributed by atoms with E-state index in [1.165, 1.54) is 10.7 Å². The number of rotatable bonds is 6. The minimum absolute atomic E-state index is 0.128. The zero-order valence-corrected chi connectivity index (χ0v) is 19.5. The van der Waals surface area contributed by atoms with Gasteiger partial charge in [-0.05, 0) is 42.0 Å². The fraction of sp³-hybridized carbons (Fsp3) is 0.0952. The molecule has 32 heavy (non-hydrogen) atoms. The molecular weight excluding hydrogens is 494 g/mol. The van der Waals surface area contributed by atoms with Crippen LogP contribution in [0.2, 0.25) is 15.1 Å². The lowest BCUT2D eigenvalue weighted by Crippen LogP contribution is -2.19. The number of thiocarbonyl (C=S) groups is 1. The Morgan fingerprint density at radius 1 is 0.969 bits per heavy atom. The van der Waals surface area contributed by atoms with Crippen molar-refractivity contribution in [2.75, 3.05) is 10.6 Å². The van der Waals surface area contributed by atoms with Gasteiger partial charge in [-0.2, -0.15) is 10.2 Å². The lowest BCUT2D eigenvalue weighted by atomic mass is 10.2. The molecule has 0 unspecified atom stereocenters. The molecule has 2 N–H and O–H groups in total. The zero-order valence-electron chi connectivity index (χ0n) is 16.4. The molecule has 2 aromatic carbocycles. The van der Waals surface area contributed by atoms with E-state index in [1.54, 1.807) is 29.2 Å². The van der Waals surface area contributed by atoms with Crippen molar-refractivity contribution in [1.82, 2.24) is 19.6 Å². The van der Waals surface area contributed by atoms with Gasteiger partial charge in [-0.15, -0.1) is 0 Å². The Morgan fingerprint density at radius 2 is 1.78 bits per heavy atom. The molecule has 2 aromatic heterocycles. The van der Waals surface area contributed by atoms with Gasteiger partial charge >= 0.3 is 0 Å². The molecule has 0 aliphatic heterocycles. The van der Waals surface area contributed by atoms with Crippen molar-refractivity contribution >= 4 is 63.6 Å². The van der Waals surface area contributed by atoms with Crippen molar-refractivity contribution < 1.29 is 4.39 Å². The van der Waals surface area contributed by atoms with Crippen LogP contribution in [0.5, 0.6) is 0 Å². The summed E-state index contributed by atoms with van der Waals surface area (Å²) in [5.74, 6) is -0.0754. The summed E-state index contributed by atoms with van der Waals surface area (Å²) in [5.41, 5.74) is 2.05. The highest BCUT2D eigenvalue weighted by atomic mass is 35.5. The maximum absolute atomic E-state index is 14.0. The van der Waals surface area contributed by atoms with Crippen molar-refractivity contribution in [3.05, 3.63) is 93.1 Å². The second-order valence-electron chi connectivity index (χ2n) is 6.86. The standard InChI is InChI=1S/C21H16Cl3FN6S/c22-14-4-1-3-13(7-14)9-30-10-15(8-26-30)27-21(32)28-20-18(24)12-31(29-20)11-16-17(23)5-2-6-19(16)25/h1-8,10,12H,9,11H2,(H2,27,28,29,32). The summed E-state index contributed by atoms with van der Waals surface area (Å²) in [6.45, 7) is 0.695. The highest BCUT2D eigenvalue weighted by molar-refractivity contribution is 7.80. The third-order valence-electron chi connectivity index (χ3n) is 4.46. The number of nitrogens with zero attached hydrogens (tertiary/aromatic N) is 4. The zero-order chi connectivity index (χ0) is 22.7. The highest BCUT2D eigenvalue weighted by Gasteiger charge is 2.13. The first kappa shape index (κ1) is 22.5. The molecule has 0 amide bonds. The largest absolute Gasteiger partial charge is 0.330 e. The summed E-state index contributed by atoms with van der Waals surface area (Å²) in [6, 6.07) is 12.1. The summed E-state index contributed by atoms with van der Waals surface area (Å²) in [5, 5.41) is 16.2. The van der Waals surface area contributed by atoms with Crippen molar-refractivity contribution in [3.8, 4) is 0 Å². The van der Waals surface area contributed by atoms with E-state index < -0.39 is 5.82 Å². The van der Waals surface area contributed by atoms with E-state index in [0.29, 0.717) is 38.7 Å². The molecule has 0 aliphatic rings. The molecule has 0 atom stereocenters. The molecule has 0 saturated carbocycles. The van der Waals surface area contributed by atoms with Crippen molar-refractivity contribution in [1.29, 1.82) is 0 Å². The van der Waals surface area contributed by atoms with Crippen LogP contribution in [-0.2, 0) is 13.1 Å². The molecule has 0 spiro atoms. The molecule has 0 saturated heterocycles. The van der Waals surface area contributed by atoms with Crippen LogP contribution in [-0.4, -0.2) is 24.7 Å². The number of nitrogens with one attached hydrogen (secondary N) is 2. The lowest BCUT2D eigenvalue weighted by molar-refractivity contribution is 0.586. The van der Waals surface area contributed by atoms with Crippen LogP contribution >= 0.6 is 47.0 Å². The fourth-order valence-electron chi connectivity index (χ4n) is 3.02. The van der Waals surface area contributed by atoms with Crippen molar-refractivity contribution in [2.24, 2.45) is 0 Å². The average Bonchev–Trinajstić information content (AvgIpc) is 3.31. The van der Waals surface area contributed by atoms with Gasteiger partial charge in [0.25, 0.3) is 0 Å². The molecule has 0 radical (unpaired) electrons. The van der Waals surface area contributed by atoms with Crippen LogP contribution in [0.15, 0.2) is 61.1 Å². The van der Waals surface area contributed by atoms with E-state index in [1.807, 2.05) is 30.5 Å². The van der Waals surface area contributed by atoms with Gasteiger partial charge < -0.3 is 10.6 Å². The van der Waals surface area contributed by atoms with Crippen LogP contribution < -0.4 is 10.6 Å². The SMILES string of the molecule is Fc1cccc(Cl)c1Cn1cc(Cl)c(NC(=S)Nc2cnn(Cc3cccc(Cl)c3)c2)n1. The third kappa shape index (κ3) is 5.58. The molecule has 4 aromatic rings.